The van der Waals surface area contributed by atoms with Gasteiger partial charge >= 0.3 is 0 Å². The predicted molar refractivity (Wildman–Crippen MR) is 67.0 cm³/mol. The third kappa shape index (κ3) is 5.83. The minimum absolute atomic E-state index is 0.227. The van der Waals surface area contributed by atoms with Crippen molar-refractivity contribution >= 4 is 12.2 Å². The second-order valence-electron chi connectivity index (χ2n) is 4.02. The van der Waals surface area contributed by atoms with Crippen LogP contribution < -0.4 is 0 Å². The van der Waals surface area contributed by atoms with Crippen LogP contribution in [-0.2, 0) is 9.59 Å². The van der Waals surface area contributed by atoms with E-state index in [1.165, 1.54) is 12.2 Å². The molecule has 18 heavy (non-hydrogen) atoms. The summed E-state index contributed by atoms with van der Waals surface area (Å²) in [5.41, 5.74) is 0. The molecule has 0 spiro atoms. The van der Waals surface area contributed by atoms with Crippen molar-refractivity contribution < 1.29 is 9.59 Å². The highest BCUT2D eigenvalue weighted by Crippen LogP contribution is 2.27. The first-order chi connectivity index (χ1) is 8.86. The van der Waals surface area contributed by atoms with Crippen molar-refractivity contribution in [1.29, 1.82) is 0 Å². The fourth-order valence-electron chi connectivity index (χ4n) is 1.98. The maximum Gasteiger partial charge on any atom is 0.235 e. The van der Waals surface area contributed by atoms with Crippen molar-refractivity contribution in [1.82, 2.24) is 0 Å². The minimum Gasteiger partial charge on any atom is -0.211 e. The van der Waals surface area contributed by atoms with Gasteiger partial charge in [-0.25, -0.2) is 9.59 Å². The number of rotatable bonds is 2. The van der Waals surface area contributed by atoms with Crippen molar-refractivity contribution in [3.05, 3.63) is 0 Å². The van der Waals surface area contributed by atoms with Crippen molar-refractivity contribution in [2.45, 2.75) is 25.7 Å². The molecule has 0 aliphatic heterocycles. The van der Waals surface area contributed by atoms with Gasteiger partial charge in [-0.3, -0.25) is 0 Å². The molecule has 1 aliphatic rings. The van der Waals surface area contributed by atoms with Crippen LogP contribution in [0.15, 0.2) is 9.98 Å². The highest BCUT2D eigenvalue weighted by atomic mass is 16.1. The molecule has 1 fully saturated rings. The Hall–Kier alpha value is -2.12. The van der Waals surface area contributed by atoms with Crippen LogP contribution in [0.2, 0.25) is 0 Å². The predicted octanol–water partition coefficient (Wildman–Crippen LogP) is 1.47. The van der Waals surface area contributed by atoms with E-state index in [0.29, 0.717) is 11.8 Å². The van der Waals surface area contributed by atoms with E-state index in [2.05, 4.69) is 33.7 Å². The Kier molecular flexibility index (Phi) is 6.95. The number of carbonyl (C=O) groups excluding carboxylic acids is 2. The topological polar surface area (TPSA) is 58.9 Å². The van der Waals surface area contributed by atoms with E-state index >= 15 is 0 Å². The Morgan fingerprint density at radius 3 is 1.83 bits per heavy atom. The zero-order chi connectivity index (χ0) is 13.1. The van der Waals surface area contributed by atoms with E-state index < -0.39 is 0 Å². The standard InChI is InChI=1S/C14H14N2O2/c17-11-15-8-2-6-13-4-1-5-14(10-13)7-3-9-16-12-18/h13-14H,1,4-5,8-10H2. The molecule has 1 aliphatic carbocycles. The smallest absolute Gasteiger partial charge is 0.211 e. The van der Waals surface area contributed by atoms with Crippen LogP contribution in [0.3, 0.4) is 0 Å². The number of hydrogen-bond donors (Lipinski definition) is 0. The molecule has 1 saturated carbocycles. The molecule has 4 heteroatoms. The fraction of sp³-hybridized carbons (Fsp3) is 0.571. The average Bonchev–Trinajstić information content (AvgIpc) is 2.40. The average molecular weight is 242 g/mol. The Balaban J connectivity index is 2.43. The summed E-state index contributed by atoms with van der Waals surface area (Å²) in [6.45, 7) is 0.453. The third-order valence-corrected chi connectivity index (χ3v) is 2.73. The molecule has 0 saturated heterocycles. The van der Waals surface area contributed by atoms with E-state index in [4.69, 9.17) is 0 Å². The summed E-state index contributed by atoms with van der Waals surface area (Å²) >= 11 is 0. The van der Waals surface area contributed by atoms with Crippen LogP contribution >= 0.6 is 0 Å². The first-order valence-corrected chi connectivity index (χ1v) is 5.91. The molecule has 0 radical (unpaired) electrons. The molecule has 0 aromatic carbocycles. The van der Waals surface area contributed by atoms with E-state index in [1.807, 2.05) is 0 Å². The summed E-state index contributed by atoms with van der Waals surface area (Å²) in [5, 5.41) is 0. The fourth-order valence-corrected chi connectivity index (χ4v) is 1.98. The zero-order valence-corrected chi connectivity index (χ0v) is 10.1. The van der Waals surface area contributed by atoms with Gasteiger partial charge in [-0.15, -0.1) is 0 Å². The van der Waals surface area contributed by atoms with E-state index in [9.17, 15) is 9.59 Å². The highest BCUT2D eigenvalue weighted by Gasteiger charge is 2.18. The van der Waals surface area contributed by atoms with Gasteiger partial charge < -0.3 is 0 Å². The van der Waals surface area contributed by atoms with E-state index in [0.717, 1.165) is 25.7 Å². The van der Waals surface area contributed by atoms with Crippen molar-refractivity contribution in [2.75, 3.05) is 13.1 Å². The first kappa shape index (κ1) is 13.9. The summed E-state index contributed by atoms with van der Waals surface area (Å²) in [6.07, 6.45) is 7.11. The van der Waals surface area contributed by atoms with Crippen LogP contribution in [0, 0.1) is 35.5 Å². The van der Waals surface area contributed by atoms with Crippen LogP contribution in [0.25, 0.3) is 0 Å². The summed E-state index contributed by atoms with van der Waals surface area (Å²) in [4.78, 5) is 26.5. The van der Waals surface area contributed by atoms with Gasteiger partial charge in [-0.05, 0) is 19.3 Å². The molecule has 2 unspecified atom stereocenters. The number of isocyanates is 2. The van der Waals surface area contributed by atoms with Crippen molar-refractivity contribution in [2.24, 2.45) is 21.8 Å². The third-order valence-electron chi connectivity index (χ3n) is 2.73. The maximum atomic E-state index is 9.87. The SMILES string of the molecule is O=C=NCC#CC1CCCC(C#CCN=C=O)C1. The number of aliphatic imine (C=N–C) groups is 2. The van der Waals surface area contributed by atoms with E-state index in [-0.39, 0.29) is 13.1 Å². The molecule has 0 heterocycles. The lowest BCUT2D eigenvalue weighted by atomic mass is 9.82. The van der Waals surface area contributed by atoms with Crippen molar-refractivity contribution in [3.8, 4) is 23.7 Å². The second kappa shape index (κ2) is 8.97. The van der Waals surface area contributed by atoms with Gasteiger partial charge in [0, 0.05) is 11.8 Å². The Morgan fingerprint density at radius 2 is 1.39 bits per heavy atom. The lowest BCUT2D eigenvalue weighted by molar-refractivity contribution is 0.369. The molecule has 1 rings (SSSR count). The summed E-state index contributed by atoms with van der Waals surface area (Å²) in [6, 6.07) is 0. The molecular weight excluding hydrogens is 228 g/mol. The number of hydrogen-bond acceptors (Lipinski definition) is 4. The maximum absolute atomic E-state index is 9.87. The lowest BCUT2D eigenvalue weighted by Gasteiger charge is -2.21. The molecular formula is C14H14N2O2. The number of nitrogens with zero attached hydrogens (tertiary/aromatic N) is 2. The lowest BCUT2D eigenvalue weighted by Crippen LogP contribution is -2.13. The Morgan fingerprint density at radius 1 is 0.889 bits per heavy atom. The van der Waals surface area contributed by atoms with E-state index in [1.54, 1.807) is 0 Å². The summed E-state index contributed by atoms with van der Waals surface area (Å²) in [7, 11) is 0. The molecule has 0 bridgehead atoms. The minimum atomic E-state index is 0.227. The van der Waals surface area contributed by atoms with Gasteiger partial charge in [-0.2, -0.15) is 9.98 Å². The molecule has 92 valence electrons. The molecule has 0 aromatic rings. The Bertz CT molecular complexity index is 433. The van der Waals surface area contributed by atoms with Gasteiger partial charge in [0.15, 0.2) is 0 Å². The highest BCUT2D eigenvalue weighted by molar-refractivity contribution is 5.34. The normalized spacial score (nSPS) is 21.1. The van der Waals surface area contributed by atoms with Crippen LogP contribution in [0.1, 0.15) is 25.7 Å². The van der Waals surface area contributed by atoms with Crippen LogP contribution in [-0.4, -0.2) is 25.2 Å². The van der Waals surface area contributed by atoms with Gasteiger partial charge in [-0.1, -0.05) is 30.1 Å². The first-order valence-electron chi connectivity index (χ1n) is 5.91. The molecule has 0 amide bonds. The summed E-state index contributed by atoms with van der Waals surface area (Å²) < 4.78 is 0. The molecule has 0 N–H and O–H groups in total. The quantitative estimate of drug-likeness (QED) is 0.418. The van der Waals surface area contributed by atoms with Crippen LogP contribution in [0.4, 0.5) is 0 Å². The second-order valence-corrected chi connectivity index (χ2v) is 4.02. The Labute approximate surface area is 107 Å². The molecule has 0 aromatic heterocycles. The molecule has 2 atom stereocenters. The van der Waals surface area contributed by atoms with Crippen molar-refractivity contribution in [3.63, 3.8) is 0 Å². The van der Waals surface area contributed by atoms with Gasteiger partial charge in [0.05, 0.1) is 0 Å². The van der Waals surface area contributed by atoms with Gasteiger partial charge in [0.25, 0.3) is 0 Å². The molecule has 4 nitrogen and oxygen atoms in total. The van der Waals surface area contributed by atoms with Crippen LogP contribution in [0.5, 0.6) is 0 Å². The van der Waals surface area contributed by atoms with Gasteiger partial charge in [0.1, 0.15) is 13.1 Å². The monoisotopic (exact) mass is 242 g/mol. The summed E-state index contributed by atoms with van der Waals surface area (Å²) in [5.74, 6) is 12.6. The zero-order valence-electron chi connectivity index (χ0n) is 10.1. The largest absolute Gasteiger partial charge is 0.235 e. The van der Waals surface area contributed by atoms with Gasteiger partial charge in [0.2, 0.25) is 12.2 Å².